The second kappa shape index (κ2) is 6.01. The fourth-order valence-electron chi connectivity index (χ4n) is 3.45. The molecule has 0 fully saturated rings. The molecule has 23 heavy (non-hydrogen) atoms. The van der Waals surface area contributed by atoms with Gasteiger partial charge in [-0.1, -0.05) is 24.3 Å². The van der Waals surface area contributed by atoms with Crippen LogP contribution in [0.3, 0.4) is 0 Å². The summed E-state index contributed by atoms with van der Waals surface area (Å²) in [6.45, 7) is 3.70. The van der Waals surface area contributed by atoms with Crippen molar-refractivity contribution < 1.29 is 4.74 Å². The molecule has 3 heteroatoms. The highest BCUT2D eigenvalue weighted by molar-refractivity contribution is 5.83. The zero-order chi connectivity index (χ0) is 15.6. The average Bonchev–Trinajstić information content (AvgIpc) is 2.61. The van der Waals surface area contributed by atoms with Crippen LogP contribution in [0.25, 0.3) is 10.9 Å². The number of benzene rings is 2. The summed E-state index contributed by atoms with van der Waals surface area (Å²) in [4.78, 5) is 4.48. The van der Waals surface area contributed by atoms with Gasteiger partial charge in [0.1, 0.15) is 5.75 Å². The van der Waals surface area contributed by atoms with Gasteiger partial charge in [-0.25, -0.2) is 0 Å². The molecule has 1 atom stereocenters. The Labute approximate surface area is 136 Å². The Morgan fingerprint density at radius 1 is 1.13 bits per heavy atom. The van der Waals surface area contributed by atoms with E-state index in [4.69, 9.17) is 4.74 Å². The van der Waals surface area contributed by atoms with Crippen molar-refractivity contribution in [3.63, 3.8) is 0 Å². The monoisotopic (exact) mass is 304 g/mol. The third kappa shape index (κ3) is 2.57. The maximum absolute atomic E-state index is 5.65. The Kier molecular flexibility index (Phi) is 3.72. The molecule has 1 N–H and O–H groups in total. The predicted molar refractivity (Wildman–Crippen MR) is 92.9 cm³/mol. The van der Waals surface area contributed by atoms with E-state index in [0.29, 0.717) is 6.61 Å². The van der Waals surface area contributed by atoms with E-state index in [1.807, 2.05) is 19.2 Å². The van der Waals surface area contributed by atoms with Crippen LogP contribution in [0.5, 0.6) is 5.75 Å². The van der Waals surface area contributed by atoms with Crippen LogP contribution in [0.15, 0.2) is 54.7 Å². The molecule has 1 aliphatic heterocycles. The number of nitrogens with one attached hydrogen (secondary N) is 1. The minimum Gasteiger partial charge on any atom is -0.494 e. The topological polar surface area (TPSA) is 34.1 Å². The number of fused-ring (bicyclic) bond motifs is 2. The molecule has 2 heterocycles. The van der Waals surface area contributed by atoms with Gasteiger partial charge >= 0.3 is 0 Å². The third-order valence-electron chi connectivity index (χ3n) is 4.47. The Morgan fingerprint density at radius 2 is 2.04 bits per heavy atom. The molecule has 0 saturated heterocycles. The van der Waals surface area contributed by atoms with Crippen LogP contribution in [-0.2, 0) is 6.42 Å². The van der Waals surface area contributed by atoms with E-state index in [-0.39, 0.29) is 6.04 Å². The van der Waals surface area contributed by atoms with Gasteiger partial charge in [0.2, 0.25) is 0 Å². The molecule has 0 amide bonds. The molecule has 0 saturated carbocycles. The summed E-state index contributed by atoms with van der Waals surface area (Å²) in [5.41, 5.74) is 5.06. The summed E-state index contributed by atoms with van der Waals surface area (Å²) in [5, 5.41) is 4.88. The van der Waals surface area contributed by atoms with Gasteiger partial charge in [-0.15, -0.1) is 0 Å². The van der Waals surface area contributed by atoms with E-state index in [9.17, 15) is 0 Å². The zero-order valence-corrected chi connectivity index (χ0v) is 13.3. The molecule has 2 aromatic carbocycles. The van der Waals surface area contributed by atoms with Crippen molar-refractivity contribution in [1.82, 2.24) is 10.3 Å². The Hall–Kier alpha value is -2.39. The van der Waals surface area contributed by atoms with Gasteiger partial charge in [0.05, 0.1) is 18.2 Å². The summed E-state index contributed by atoms with van der Waals surface area (Å²) >= 11 is 0. The molecule has 1 unspecified atom stereocenters. The molecule has 1 aliphatic rings. The van der Waals surface area contributed by atoms with Crippen LogP contribution in [0.4, 0.5) is 0 Å². The number of nitrogens with zero attached hydrogens (tertiary/aromatic N) is 1. The summed E-state index contributed by atoms with van der Waals surface area (Å²) in [5.74, 6) is 0.964. The number of rotatable bonds is 3. The fourth-order valence-corrected chi connectivity index (χ4v) is 3.45. The quantitative estimate of drug-likeness (QED) is 0.797. The van der Waals surface area contributed by atoms with Gasteiger partial charge in [-0.3, -0.25) is 4.98 Å². The normalized spacial score (nSPS) is 17.0. The minimum absolute atomic E-state index is 0.210. The van der Waals surface area contributed by atoms with Crippen molar-refractivity contribution in [2.24, 2.45) is 0 Å². The lowest BCUT2D eigenvalue weighted by atomic mass is 9.88. The Balaban J connectivity index is 1.82. The van der Waals surface area contributed by atoms with Crippen molar-refractivity contribution in [2.75, 3.05) is 13.2 Å². The largest absolute Gasteiger partial charge is 0.494 e. The number of hydrogen-bond acceptors (Lipinski definition) is 3. The Bertz CT molecular complexity index is 839. The molecule has 0 bridgehead atoms. The van der Waals surface area contributed by atoms with Crippen molar-refractivity contribution in [1.29, 1.82) is 0 Å². The van der Waals surface area contributed by atoms with Gasteiger partial charge in [-0.05, 0) is 54.3 Å². The van der Waals surface area contributed by atoms with Crippen LogP contribution < -0.4 is 10.1 Å². The summed E-state index contributed by atoms with van der Waals surface area (Å²) in [6.07, 6.45) is 2.94. The van der Waals surface area contributed by atoms with E-state index in [2.05, 4.69) is 52.8 Å². The van der Waals surface area contributed by atoms with Crippen LogP contribution in [0.1, 0.15) is 29.7 Å². The lowest BCUT2D eigenvalue weighted by Gasteiger charge is -2.28. The molecule has 116 valence electrons. The lowest BCUT2D eigenvalue weighted by molar-refractivity contribution is 0.339. The molecular weight excluding hydrogens is 284 g/mol. The summed E-state index contributed by atoms with van der Waals surface area (Å²) in [6, 6.07) is 17.1. The number of ether oxygens (including phenoxy) is 1. The number of para-hydroxylation sites is 1. The predicted octanol–water partition coefficient (Wildman–Crippen LogP) is 3.87. The average molecular weight is 304 g/mol. The van der Waals surface area contributed by atoms with Crippen molar-refractivity contribution in [2.45, 2.75) is 19.4 Å². The van der Waals surface area contributed by atoms with Gasteiger partial charge in [0.15, 0.2) is 0 Å². The number of aromatic nitrogens is 1. The highest BCUT2D eigenvalue weighted by Gasteiger charge is 2.23. The summed E-state index contributed by atoms with van der Waals surface area (Å²) < 4.78 is 5.65. The number of pyridine rings is 1. The molecule has 3 aromatic rings. The SMILES string of the molecule is CCOc1ccc2c(c1)CCNC2c1ccnc2ccccc12. The fraction of sp³-hybridized carbons (Fsp3) is 0.250. The van der Waals surface area contributed by atoms with Crippen LogP contribution in [0.2, 0.25) is 0 Å². The Morgan fingerprint density at radius 3 is 2.96 bits per heavy atom. The molecule has 1 aromatic heterocycles. The van der Waals surface area contributed by atoms with E-state index in [0.717, 1.165) is 24.2 Å². The molecular formula is C20H20N2O. The van der Waals surface area contributed by atoms with Crippen LogP contribution in [0, 0.1) is 0 Å². The van der Waals surface area contributed by atoms with E-state index in [1.165, 1.54) is 22.1 Å². The first-order chi connectivity index (χ1) is 11.4. The zero-order valence-electron chi connectivity index (χ0n) is 13.3. The maximum Gasteiger partial charge on any atom is 0.119 e. The highest BCUT2D eigenvalue weighted by atomic mass is 16.5. The van der Waals surface area contributed by atoms with Gasteiger partial charge in [0, 0.05) is 18.1 Å². The van der Waals surface area contributed by atoms with Crippen LogP contribution in [-0.4, -0.2) is 18.1 Å². The van der Waals surface area contributed by atoms with Crippen molar-refractivity contribution in [3.8, 4) is 5.75 Å². The molecule has 3 nitrogen and oxygen atoms in total. The second-order valence-electron chi connectivity index (χ2n) is 5.85. The molecule has 0 spiro atoms. The van der Waals surface area contributed by atoms with Crippen LogP contribution >= 0.6 is 0 Å². The lowest BCUT2D eigenvalue weighted by Crippen LogP contribution is -2.30. The van der Waals surface area contributed by atoms with E-state index < -0.39 is 0 Å². The number of hydrogen-bond donors (Lipinski definition) is 1. The van der Waals surface area contributed by atoms with Gasteiger partial charge in [-0.2, -0.15) is 0 Å². The van der Waals surface area contributed by atoms with Gasteiger partial charge < -0.3 is 10.1 Å². The first-order valence-electron chi connectivity index (χ1n) is 8.19. The van der Waals surface area contributed by atoms with E-state index >= 15 is 0 Å². The second-order valence-corrected chi connectivity index (χ2v) is 5.85. The van der Waals surface area contributed by atoms with Gasteiger partial charge in [0.25, 0.3) is 0 Å². The van der Waals surface area contributed by atoms with Crippen molar-refractivity contribution >= 4 is 10.9 Å². The standard InChI is InChI=1S/C20H20N2O/c1-2-23-15-7-8-16-14(13-15)9-11-22-20(16)18-10-12-21-19-6-4-3-5-17(18)19/h3-8,10,12-13,20,22H,2,9,11H2,1H3. The van der Waals surface area contributed by atoms with E-state index in [1.54, 1.807) is 0 Å². The maximum atomic E-state index is 5.65. The molecule has 0 radical (unpaired) electrons. The minimum atomic E-state index is 0.210. The van der Waals surface area contributed by atoms with Crippen molar-refractivity contribution in [3.05, 3.63) is 71.4 Å². The first-order valence-corrected chi connectivity index (χ1v) is 8.19. The smallest absolute Gasteiger partial charge is 0.119 e. The summed E-state index contributed by atoms with van der Waals surface area (Å²) in [7, 11) is 0. The molecule has 4 rings (SSSR count). The highest BCUT2D eigenvalue weighted by Crippen LogP contribution is 2.34. The first kappa shape index (κ1) is 14.2. The third-order valence-corrected chi connectivity index (χ3v) is 4.47. The molecule has 0 aliphatic carbocycles.